The van der Waals surface area contributed by atoms with E-state index < -0.39 is 0 Å². The van der Waals surface area contributed by atoms with E-state index in [1.54, 1.807) is 0 Å². The quantitative estimate of drug-likeness (QED) is 0.753. The maximum atomic E-state index is 3.50. The third kappa shape index (κ3) is 3.76. The molecule has 1 aliphatic heterocycles. The second kappa shape index (κ2) is 6.49. The zero-order valence-corrected chi connectivity index (χ0v) is 10.9. The van der Waals surface area contributed by atoms with Crippen molar-refractivity contribution in [2.75, 3.05) is 19.6 Å². The van der Waals surface area contributed by atoms with Crippen molar-refractivity contribution in [2.24, 2.45) is 5.92 Å². The van der Waals surface area contributed by atoms with Crippen molar-refractivity contribution in [1.82, 2.24) is 10.2 Å². The van der Waals surface area contributed by atoms with E-state index >= 15 is 0 Å². The van der Waals surface area contributed by atoms with Gasteiger partial charge in [0, 0.05) is 31.7 Å². The van der Waals surface area contributed by atoms with Crippen LogP contribution in [0.25, 0.3) is 0 Å². The van der Waals surface area contributed by atoms with E-state index in [1.165, 1.54) is 38.9 Å². The molecule has 0 aromatic carbocycles. The van der Waals surface area contributed by atoms with E-state index in [0.717, 1.165) is 18.0 Å². The Bertz CT molecular complexity index is 170. The minimum absolute atomic E-state index is 0.756. The molecule has 1 N–H and O–H groups in total. The number of nitrogens with one attached hydrogen (secondary N) is 1. The number of rotatable bonds is 5. The smallest absolute Gasteiger partial charge is 0.0221 e. The molecule has 3 atom stereocenters. The molecular formula is C13H28N2. The standard InChI is InChI=1S/C13H28N2/c1-5-11(3)9-12(4)15-8-7-14-10-13(15)6-2/h11-14H,5-10H2,1-4H3. The highest BCUT2D eigenvalue weighted by Crippen LogP contribution is 2.18. The number of nitrogens with zero attached hydrogens (tertiary/aromatic N) is 1. The third-order valence-corrected chi connectivity index (χ3v) is 3.87. The lowest BCUT2D eigenvalue weighted by Gasteiger charge is -2.40. The van der Waals surface area contributed by atoms with E-state index in [2.05, 4.69) is 37.9 Å². The Morgan fingerprint density at radius 1 is 1.33 bits per heavy atom. The summed E-state index contributed by atoms with van der Waals surface area (Å²) in [4.78, 5) is 2.71. The lowest BCUT2D eigenvalue weighted by molar-refractivity contribution is 0.0976. The molecule has 1 heterocycles. The van der Waals surface area contributed by atoms with Crippen LogP contribution in [0.4, 0.5) is 0 Å². The van der Waals surface area contributed by atoms with Crippen molar-refractivity contribution in [2.45, 2.75) is 59.0 Å². The van der Waals surface area contributed by atoms with Crippen molar-refractivity contribution in [3.63, 3.8) is 0 Å². The van der Waals surface area contributed by atoms with Crippen LogP contribution in [0.5, 0.6) is 0 Å². The van der Waals surface area contributed by atoms with Crippen molar-refractivity contribution >= 4 is 0 Å². The third-order valence-electron chi connectivity index (χ3n) is 3.87. The van der Waals surface area contributed by atoms with Gasteiger partial charge in [-0.2, -0.15) is 0 Å². The molecule has 1 aliphatic rings. The Hall–Kier alpha value is -0.0800. The lowest BCUT2D eigenvalue weighted by Crippen LogP contribution is -2.54. The predicted octanol–water partition coefficient (Wildman–Crippen LogP) is 2.49. The zero-order valence-electron chi connectivity index (χ0n) is 10.9. The Morgan fingerprint density at radius 2 is 2.07 bits per heavy atom. The van der Waals surface area contributed by atoms with Gasteiger partial charge < -0.3 is 5.32 Å². The topological polar surface area (TPSA) is 15.3 Å². The van der Waals surface area contributed by atoms with E-state index in [-0.39, 0.29) is 0 Å². The minimum Gasteiger partial charge on any atom is -0.314 e. The molecule has 0 aromatic rings. The van der Waals surface area contributed by atoms with Crippen LogP contribution >= 0.6 is 0 Å². The Labute approximate surface area is 95.4 Å². The second-order valence-electron chi connectivity index (χ2n) is 5.10. The maximum Gasteiger partial charge on any atom is 0.0221 e. The van der Waals surface area contributed by atoms with Crippen LogP contribution in [-0.2, 0) is 0 Å². The first-order valence-corrected chi connectivity index (χ1v) is 6.65. The van der Waals surface area contributed by atoms with E-state index in [9.17, 15) is 0 Å². The van der Waals surface area contributed by atoms with Crippen molar-refractivity contribution in [3.8, 4) is 0 Å². The van der Waals surface area contributed by atoms with E-state index in [0.29, 0.717) is 0 Å². The number of piperazine rings is 1. The van der Waals surface area contributed by atoms with Gasteiger partial charge in [-0.25, -0.2) is 0 Å². The van der Waals surface area contributed by atoms with Gasteiger partial charge in [-0.15, -0.1) is 0 Å². The largest absolute Gasteiger partial charge is 0.314 e. The summed E-state index contributed by atoms with van der Waals surface area (Å²) in [5.74, 6) is 0.868. The fourth-order valence-electron chi connectivity index (χ4n) is 2.62. The fraction of sp³-hybridized carbons (Fsp3) is 1.00. The van der Waals surface area contributed by atoms with Crippen molar-refractivity contribution in [1.29, 1.82) is 0 Å². The molecule has 1 rings (SSSR count). The van der Waals surface area contributed by atoms with Crippen LogP contribution in [0.2, 0.25) is 0 Å². The SMILES string of the molecule is CCC(C)CC(C)N1CCNCC1CC. The molecule has 0 radical (unpaired) electrons. The average Bonchev–Trinajstić information content (AvgIpc) is 2.28. The minimum atomic E-state index is 0.756. The molecule has 0 spiro atoms. The molecule has 0 aromatic heterocycles. The molecule has 90 valence electrons. The van der Waals surface area contributed by atoms with Gasteiger partial charge in [0.2, 0.25) is 0 Å². The summed E-state index contributed by atoms with van der Waals surface area (Å²) in [6.45, 7) is 13.0. The molecule has 0 bridgehead atoms. The van der Waals surface area contributed by atoms with Crippen LogP contribution < -0.4 is 5.32 Å². The van der Waals surface area contributed by atoms with Crippen LogP contribution in [-0.4, -0.2) is 36.6 Å². The highest BCUT2D eigenvalue weighted by molar-refractivity contribution is 4.83. The maximum absolute atomic E-state index is 3.50. The highest BCUT2D eigenvalue weighted by Gasteiger charge is 2.25. The molecule has 1 fully saturated rings. The van der Waals surface area contributed by atoms with Gasteiger partial charge >= 0.3 is 0 Å². The van der Waals surface area contributed by atoms with Gasteiger partial charge in [0.25, 0.3) is 0 Å². The second-order valence-corrected chi connectivity index (χ2v) is 5.10. The van der Waals surface area contributed by atoms with E-state index in [4.69, 9.17) is 0 Å². The van der Waals surface area contributed by atoms with Gasteiger partial charge in [-0.1, -0.05) is 27.2 Å². The van der Waals surface area contributed by atoms with Gasteiger partial charge in [0.15, 0.2) is 0 Å². The fourth-order valence-corrected chi connectivity index (χ4v) is 2.62. The first kappa shape index (κ1) is 13.0. The Kier molecular flexibility index (Phi) is 5.62. The van der Waals surface area contributed by atoms with Gasteiger partial charge in [-0.05, 0) is 25.7 Å². The molecule has 0 saturated carbocycles. The summed E-state index contributed by atoms with van der Waals surface area (Å²) in [5.41, 5.74) is 0. The first-order chi connectivity index (χ1) is 7.19. The van der Waals surface area contributed by atoms with Gasteiger partial charge in [0.1, 0.15) is 0 Å². The monoisotopic (exact) mass is 212 g/mol. The molecule has 2 heteroatoms. The molecule has 15 heavy (non-hydrogen) atoms. The van der Waals surface area contributed by atoms with Crippen LogP contribution in [0.1, 0.15) is 47.0 Å². The summed E-state index contributed by atoms with van der Waals surface area (Å²) in [7, 11) is 0. The van der Waals surface area contributed by atoms with Gasteiger partial charge in [-0.3, -0.25) is 4.90 Å². The van der Waals surface area contributed by atoms with Crippen LogP contribution in [0, 0.1) is 5.92 Å². The molecule has 0 aliphatic carbocycles. The lowest BCUT2D eigenvalue weighted by atomic mass is 9.97. The predicted molar refractivity (Wildman–Crippen MR) is 67.2 cm³/mol. The molecule has 2 nitrogen and oxygen atoms in total. The van der Waals surface area contributed by atoms with E-state index in [1.807, 2.05) is 0 Å². The summed E-state index contributed by atoms with van der Waals surface area (Å²) in [5, 5.41) is 3.50. The van der Waals surface area contributed by atoms with Crippen LogP contribution in [0.3, 0.4) is 0 Å². The Morgan fingerprint density at radius 3 is 2.67 bits per heavy atom. The first-order valence-electron chi connectivity index (χ1n) is 6.65. The summed E-state index contributed by atoms with van der Waals surface area (Å²) in [6.07, 6.45) is 3.94. The highest BCUT2D eigenvalue weighted by atomic mass is 15.2. The number of hydrogen-bond acceptors (Lipinski definition) is 2. The van der Waals surface area contributed by atoms with Gasteiger partial charge in [0.05, 0.1) is 0 Å². The van der Waals surface area contributed by atoms with Crippen molar-refractivity contribution < 1.29 is 0 Å². The molecule has 1 saturated heterocycles. The van der Waals surface area contributed by atoms with Crippen molar-refractivity contribution in [3.05, 3.63) is 0 Å². The zero-order chi connectivity index (χ0) is 11.3. The summed E-state index contributed by atoms with van der Waals surface area (Å²) >= 11 is 0. The Balaban J connectivity index is 2.44. The van der Waals surface area contributed by atoms with Crippen LogP contribution in [0.15, 0.2) is 0 Å². The summed E-state index contributed by atoms with van der Waals surface area (Å²) < 4.78 is 0. The number of hydrogen-bond donors (Lipinski definition) is 1. The summed E-state index contributed by atoms with van der Waals surface area (Å²) in [6, 6.07) is 1.52. The molecular weight excluding hydrogens is 184 g/mol. The molecule has 3 unspecified atom stereocenters. The molecule has 0 amide bonds. The average molecular weight is 212 g/mol. The normalized spacial score (nSPS) is 27.6.